The molecule has 2 aliphatic rings. The van der Waals surface area contributed by atoms with Crippen molar-refractivity contribution in [3.05, 3.63) is 53.8 Å². The Labute approximate surface area is 204 Å². The first-order chi connectivity index (χ1) is 16.3. The quantitative estimate of drug-likeness (QED) is 0.560. The minimum absolute atomic E-state index is 0.192. The number of halogens is 1. The van der Waals surface area contributed by atoms with Gasteiger partial charge in [0.15, 0.2) is 0 Å². The van der Waals surface area contributed by atoms with E-state index in [9.17, 15) is 14.0 Å². The molecule has 2 aromatic rings. The summed E-state index contributed by atoms with van der Waals surface area (Å²) in [5, 5.41) is 4.39. The summed E-state index contributed by atoms with van der Waals surface area (Å²) in [6.07, 6.45) is 2.22. The summed E-state index contributed by atoms with van der Waals surface area (Å²) >= 11 is 1.88. The van der Waals surface area contributed by atoms with E-state index in [1.165, 1.54) is 28.5 Å². The van der Waals surface area contributed by atoms with Crippen molar-refractivity contribution in [1.29, 1.82) is 0 Å². The summed E-state index contributed by atoms with van der Waals surface area (Å²) in [7, 11) is 0. The highest BCUT2D eigenvalue weighted by molar-refractivity contribution is 8.14. The van der Waals surface area contributed by atoms with E-state index in [0.29, 0.717) is 22.5 Å². The van der Waals surface area contributed by atoms with Crippen molar-refractivity contribution in [2.24, 2.45) is 4.99 Å². The maximum absolute atomic E-state index is 15.0. The van der Waals surface area contributed by atoms with Gasteiger partial charge in [0.1, 0.15) is 11.9 Å². The van der Waals surface area contributed by atoms with Crippen LogP contribution in [0.1, 0.15) is 39.2 Å². The Morgan fingerprint density at radius 1 is 1.26 bits per heavy atom. The molecule has 2 unspecified atom stereocenters. The highest BCUT2D eigenvalue weighted by atomic mass is 32.2. The summed E-state index contributed by atoms with van der Waals surface area (Å²) < 4.78 is 20.2. The number of hydrogen-bond donors (Lipinski definition) is 1. The Hall–Kier alpha value is -2.87. The van der Waals surface area contributed by atoms with Crippen LogP contribution in [0.5, 0.6) is 0 Å². The Morgan fingerprint density at radius 3 is 2.68 bits per heavy atom. The number of thioether (sulfide) groups is 1. The summed E-state index contributed by atoms with van der Waals surface area (Å²) in [6, 6.07) is 13.2. The molecule has 0 radical (unpaired) electrons. The maximum atomic E-state index is 15.0. The van der Waals surface area contributed by atoms with E-state index in [2.05, 4.69) is 36.3 Å². The first-order valence-corrected chi connectivity index (χ1v) is 12.5. The number of hydrogen-bond acceptors (Lipinski definition) is 5. The van der Waals surface area contributed by atoms with E-state index >= 15 is 0 Å². The SMILES string of the molecule is CC(=O)NC[C@H]1CN(c2ccc(-c3ccc(CCCC4SC(C)=NC4C)cc3)c(F)c2)C(=O)O1. The zero-order valence-corrected chi connectivity index (χ0v) is 20.5. The lowest BCUT2D eigenvalue weighted by Gasteiger charge is -2.15. The van der Waals surface area contributed by atoms with E-state index in [1.807, 2.05) is 23.9 Å². The molecule has 0 bridgehead atoms. The molecule has 6 nitrogen and oxygen atoms in total. The molecular weight excluding hydrogens is 453 g/mol. The summed E-state index contributed by atoms with van der Waals surface area (Å²) in [5.41, 5.74) is 2.95. The van der Waals surface area contributed by atoms with Crippen molar-refractivity contribution in [2.75, 3.05) is 18.0 Å². The van der Waals surface area contributed by atoms with Gasteiger partial charge in [-0.25, -0.2) is 9.18 Å². The largest absolute Gasteiger partial charge is 0.442 e. The summed E-state index contributed by atoms with van der Waals surface area (Å²) in [6.45, 7) is 6.15. The number of cyclic esters (lactones) is 1. The number of amides is 2. The van der Waals surface area contributed by atoms with Gasteiger partial charge in [-0.05, 0) is 62.4 Å². The average Bonchev–Trinajstić information content (AvgIpc) is 3.33. The molecule has 8 heteroatoms. The van der Waals surface area contributed by atoms with Crippen molar-refractivity contribution in [3.63, 3.8) is 0 Å². The Kier molecular flexibility index (Phi) is 7.56. The van der Waals surface area contributed by atoms with Gasteiger partial charge in [0.25, 0.3) is 0 Å². The van der Waals surface area contributed by atoms with Crippen LogP contribution in [0.2, 0.25) is 0 Å². The zero-order chi connectivity index (χ0) is 24.2. The average molecular weight is 484 g/mol. The predicted molar refractivity (Wildman–Crippen MR) is 135 cm³/mol. The molecule has 1 fully saturated rings. The molecule has 1 N–H and O–H groups in total. The van der Waals surface area contributed by atoms with Gasteiger partial charge in [-0.3, -0.25) is 14.7 Å². The first-order valence-electron chi connectivity index (χ1n) is 11.6. The number of anilines is 1. The molecule has 2 aliphatic heterocycles. The minimum Gasteiger partial charge on any atom is -0.442 e. The molecule has 3 atom stereocenters. The van der Waals surface area contributed by atoms with Crippen molar-refractivity contribution >= 4 is 34.5 Å². The number of carbonyl (C=O) groups excluding carboxylic acids is 2. The van der Waals surface area contributed by atoms with E-state index in [1.54, 1.807) is 12.1 Å². The molecule has 1 saturated heterocycles. The fourth-order valence-electron chi connectivity index (χ4n) is 4.38. The molecule has 0 spiro atoms. The molecule has 2 aromatic carbocycles. The molecule has 0 saturated carbocycles. The van der Waals surface area contributed by atoms with E-state index in [4.69, 9.17) is 4.74 Å². The molecule has 0 aromatic heterocycles. The Balaban J connectivity index is 1.34. The Bertz CT molecular complexity index is 1090. The van der Waals surface area contributed by atoms with E-state index in [0.717, 1.165) is 24.8 Å². The molecule has 34 heavy (non-hydrogen) atoms. The highest BCUT2D eigenvalue weighted by Crippen LogP contribution is 2.31. The van der Waals surface area contributed by atoms with Crippen LogP contribution in [-0.4, -0.2) is 47.5 Å². The number of rotatable bonds is 8. The molecule has 0 aliphatic carbocycles. The van der Waals surface area contributed by atoms with Crippen molar-refractivity contribution < 1.29 is 18.7 Å². The number of nitrogens with one attached hydrogen (secondary N) is 1. The smallest absolute Gasteiger partial charge is 0.414 e. The normalized spacial score (nSPS) is 22.0. The van der Waals surface area contributed by atoms with Crippen molar-refractivity contribution in [2.45, 2.75) is 57.4 Å². The fraction of sp³-hybridized carbons (Fsp3) is 0.423. The van der Waals surface area contributed by atoms with Crippen LogP contribution in [0.25, 0.3) is 11.1 Å². The van der Waals surface area contributed by atoms with Crippen LogP contribution in [-0.2, 0) is 16.0 Å². The molecule has 4 rings (SSSR count). The third kappa shape index (κ3) is 5.78. The second-order valence-electron chi connectivity index (χ2n) is 8.85. The van der Waals surface area contributed by atoms with E-state index in [-0.39, 0.29) is 19.0 Å². The van der Waals surface area contributed by atoms with Crippen LogP contribution >= 0.6 is 11.8 Å². The van der Waals surface area contributed by atoms with Gasteiger partial charge in [-0.1, -0.05) is 24.3 Å². The lowest BCUT2D eigenvalue weighted by molar-refractivity contribution is -0.119. The van der Waals surface area contributed by atoms with E-state index < -0.39 is 18.0 Å². The zero-order valence-electron chi connectivity index (χ0n) is 19.7. The number of aliphatic imine (C=N–C) groups is 1. The minimum atomic E-state index is -0.543. The molecule has 180 valence electrons. The number of aryl methyl sites for hydroxylation is 1. The van der Waals surface area contributed by atoms with Gasteiger partial charge in [0.05, 0.1) is 29.9 Å². The van der Waals surface area contributed by atoms with Gasteiger partial charge >= 0.3 is 6.09 Å². The fourth-order valence-corrected chi connectivity index (χ4v) is 5.59. The lowest BCUT2D eigenvalue weighted by atomic mass is 10.00. The second-order valence-corrected chi connectivity index (χ2v) is 10.3. The highest BCUT2D eigenvalue weighted by Gasteiger charge is 2.32. The molecule has 2 heterocycles. The monoisotopic (exact) mass is 483 g/mol. The van der Waals surface area contributed by atoms with Gasteiger partial charge in [0.2, 0.25) is 5.91 Å². The van der Waals surface area contributed by atoms with Gasteiger partial charge < -0.3 is 10.1 Å². The lowest BCUT2D eigenvalue weighted by Crippen LogP contribution is -2.33. The van der Waals surface area contributed by atoms with Crippen molar-refractivity contribution in [3.8, 4) is 11.1 Å². The summed E-state index contributed by atoms with van der Waals surface area (Å²) in [5.74, 6) is -0.589. The maximum Gasteiger partial charge on any atom is 0.414 e. The third-order valence-corrected chi connectivity index (χ3v) is 7.56. The molecular formula is C26H30FN3O3S. The standard InChI is InChI=1S/C26H30FN3O3S/c1-16-25(34-18(3)29-16)6-4-5-19-7-9-20(10-8-19)23-12-11-21(13-24(23)27)30-15-22(33-26(30)32)14-28-17(2)31/h7-13,16,22,25H,4-6,14-15H2,1-3H3,(H,28,31)/t16?,22-,25?/m0/s1. The number of ether oxygens (including phenoxy) is 1. The Morgan fingerprint density at radius 2 is 2.03 bits per heavy atom. The van der Waals surface area contributed by atoms with Gasteiger partial charge in [0, 0.05) is 17.7 Å². The van der Waals surface area contributed by atoms with Crippen LogP contribution in [0.4, 0.5) is 14.9 Å². The van der Waals surface area contributed by atoms with Crippen LogP contribution < -0.4 is 10.2 Å². The first kappa shape index (κ1) is 24.3. The summed E-state index contributed by atoms with van der Waals surface area (Å²) in [4.78, 5) is 29.3. The number of nitrogens with zero attached hydrogens (tertiary/aromatic N) is 2. The van der Waals surface area contributed by atoms with Crippen LogP contribution in [0.15, 0.2) is 47.5 Å². The topological polar surface area (TPSA) is 71.0 Å². The van der Waals surface area contributed by atoms with Gasteiger partial charge in [-0.15, -0.1) is 11.8 Å². The number of benzene rings is 2. The van der Waals surface area contributed by atoms with Crippen LogP contribution in [0, 0.1) is 5.82 Å². The van der Waals surface area contributed by atoms with Crippen LogP contribution in [0.3, 0.4) is 0 Å². The molecule has 2 amide bonds. The van der Waals surface area contributed by atoms with Crippen molar-refractivity contribution in [1.82, 2.24) is 5.32 Å². The third-order valence-electron chi connectivity index (χ3n) is 6.18. The predicted octanol–water partition coefficient (Wildman–Crippen LogP) is 5.20. The second kappa shape index (κ2) is 10.6. The number of carbonyl (C=O) groups is 2. The van der Waals surface area contributed by atoms with Gasteiger partial charge in [-0.2, -0.15) is 0 Å².